The SMILES string of the molecule is Cc1nc2ccc(CN3CCCC(CCC(=O)O)C3)cc2s1. The van der Waals surface area contributed by atoms with E-state index in [4.69, 9.17) is 5.11 Å². The van der Waals surface area contributed by atoms with Crippen molar-refractivity contribution in [1.29, 1.82) is 0 Å². The monoisotopic (exact) mass is 318 g/mol. The molecule has 0 saturated carbocycles. The maximum absolute atomic E-state index is 10.7. The van der Waals surface area contributed by atoms with Crippen molar-refractivity contribution < 1.29 is 9.90 Å². The smallest absolute Gasteiger partial charge is 0.303 e. The number of benzene rings is 1. The zero-order valence-electron chi connectivity index (χ0n) is 12.9. The Balaban J connectivity index is 1.62. The minimum Gasteiger partial charge on any atom is -0.481 e. The van der Waals surface area contributed by atoms with E-state index in [0.29, 0.717) is 12.3 Å². The number of aliphatic carboxylic acids is 1. The van der Waals surface area contributed by atoms with Gasteiger partial charge in [-0.2, -0.15) is 0 Å². The number of piperidine rings is 1. The van der Waals surface area contributed by atoms with Gasteiger partial charge in [0, 0.05) is 19.5 Å². The number of aryl methyl sites for hydroxylation is 1. The van der Waals surface area contributed by atoms with Crippen LogP contribution < -0.4 is 0 Å². The van der Waals surface area contributed by atoms with Crippen molar-refractivity contribution >= 4 is 27.5 Å². The molecular weight excluding hydrogens is 296 g/mol. The molecule has 1 aromatic heterocycles. The number of carboxylic acid groups (broad SMARTS) is 1. The third kappa shape index (κ3) is 3.84. The lowest BCUT2D eigenvalue weighted by molar-refractivity contribution is -0.137. The number of thiazole rings is 1. The molecule has 1 aliphatic rings. The van der Waals surface area contributed by atoms with E-state index in [1.165, 1.54) is 16.7 Å². The first-order valence-electron chi connectivity index (χ1n) is 7.90. The standard InChI is InChI=1S/C17H22N2O2S/c1-12-18-15-6-4-14(9-16(15)22-12)11-19-8-2-3-13(10-19)5-7-17(20)21/h4,6,9,13H,2-3,5,7-8,10-11H2,1H3,(H,20,21). The van der Waals surface area contributed by atoms with E-state index in [1.807, 2.05) is 6.92 Å². The number of carboxylic acids is 1. The van der Waals surface area contributed by atoms with Gasteiger partial charge in [0.05, 0.1) is 15.2 Å². The average molecular weight is 318 g/mol. The number of nitrogens with zero attached hydrogens (tertiary/aromatic N) is 2. The zero-order valence-corrected chi connectivity index (χ0v) is 13.7. The number of aromatic nitrogens is 1. The molecule has 1 aromatic carbocycles. The fourth-order valence-electron chi connectivity index (χ4n) is 3.30. The van der Waals surface area contributed by atoms with Crippen LogP contribution in [-0.2, 0) is 11.3 Å². The Morgan fingerprint density at radius 1 is 1.50 bits per heavy atom. The van der Waals surface area contributed by atoms with E-state index in [2.05, 4.69) is 28.1 Å². The second kappa shape index (κ2) is 6.75. The van der Waals surface area contributed by atoms with E-state index in [9.17, 15) is 4.79 Å². The molecule has 5 heteroatoms. The molecule has 2 heterocycles. The summed E-state index contributed by atoms with van der Waals surface area (Å²) in [5.41, 5.74) is 2.42. The second-order valence-electron chi connectivity index (χ2n) is 6.21. The van der Waals surface area contributed by atoms with Gasteiger partial charge in [-0.25, -0.2) is 4.98 Å². The Morgan fingerprint density at radius 3 is 3.18 bits per heavy atom. The number of hydrogen-bond donors (Lipinski definition) is 1. The highest BCUT2D eigenvalue weighted by Gasteiger charge is 2.20. The van der Waals surface area contributed by atoms with Crippen molar-refractivity contribution in [2.75, 3.05) is 13.1 Å². The largest absolute Gasteiger partial charge is 0.481 e. The summed E-state index contributed by atoms with van der Waals surface area (Å²) in [5.74, 6) is -0.151. The molecule has 2 aromatic rings. The predicted molar refractivity (Wildman–Crippen MR) is 89.2 cm³/mol. The van der Waals surface area contributed by atoms with Crippen molar-refractivity contribution in [2.45, 2.75) is 39.2 Å². The first-order chi connectivity index (χ1) is 10.6. The lowest BCUT2D eigenvalue weighted by Gasteiger charge is -2.32. The van der Waals surface area contributed by atoms with Gasteiger partial charge < -0.3 is 5.11 Å². The van der Waals surface area contributed by atoms with Crippen molar-refractivity contribution in [3.63, 3.8) is 0 Å². The fraction of sp³-hybridized carbons (Fsp3) is 0.529. The molecule has 0 bridgehead atoms. The van der Waals surface area contributed by atoms with Crippen LogP contribution in [0, 0.1) is 12.8 Å². The Kier molecular flexibility index (Phi) is 4.74. The highest BCUT2D eigenvalue weighted by molar-refractivity contribution is 7.18. The van der Waals surface area contributed by atoms with E-state index >= 15 is 0 Å². The second-order valence-corrected chi connectivity index (χ2v) is 7.45. The molecule has 3 rings (SSSR count). The van der Waals surface area contributed by atoms with Crippen molar-refractivity contribution in [3.05, 3.63) is 28.8 Å². The Bertz CT molecular complexity index is 668. The normalized spacial score (nSPS) is 19.6. The molecule has 1 fully saturated rings. The summed E-state index contributed by atoms with van der Waals surface area (Å²) >= 11 is 1.75. The van der Waals surface area contributed by atoms with Crippen LogP contribution >= 0.6 is 11.3 Å². The van der Waals surface area contributed by atoms with Crippen LogP contribution in [0.15, 0.2) is 18.2 Å². The van der Waals surface area contributed by atoms with Crippen LogP contribution in [0.2, 0.25) is 0 Å². The van der Waals surface area contributed by atoms with Crippen LogP contribution in [-0.4, -0.2) is 34.0 Å². The molecule has 1 aliphatic heterocycles. The minimum atomic E-state index is -0.678. The van der Waals surface area contributed by atoms with E-state index < -0.39 is 5.97 Å². The third-order valence-corrected chi connectivity index (χ3v) is 5.27. The molecule has 0 spiro atoms. The number of hydrogen-bond acceptors (Lipinski definition) is 4. The zero-order chi connectivity index (χ0) is 15.5. The summed E-state index contributed by atoms with van der Waals surface area (Å²) in [7, 11) is 0. The van der Waals surface area contributed by atoms with Gasteiger partial charge in [-0.3, -0.25) is 9.69 Å². The number of likely N-dealkylation sites (tertiary alicyclic amines) is 1. The van der Waals surface area contributed by atoms with Gasteiger partial charge in [-0.15, -0.1) is 11.3 Å². The summed E-state index contributed by atoms with van der Waals surface area (Å²) in [4.78, 5) is 17.7. The summed E-state index contributed by atoms with van der Waals surface area (Å²) in [6, 6.07) is 6.53. The van der Waals surface area contributed by atoms with Gasteiger partial charge in [-0.1, -0.05) is 6.07 Å². The van der Waals surface area contributed by atoms with E-state index in [-0.39, 0.29) is 0 Å². The Morgan fingerprint density at radius 2 is 2.36 bits per heavy atom. The summed E-state index contributed by atoms with van der Waals surface area (Å²) in [6.07, 6.45) is 3.44. The molecule has 1 saturated heterocycles. The first kappa shape index (κ1) is 15.4. The maximum Gasteiger partial charge on any atom is 0.303 e. The van der Waals surface area contributed by atoms with Gasteiger partial charge in [-0.05, 0) is 56.3 Å². The molecule has 22 heavy (non-hydrogen) atoms. The van der Waals surface area contributed by atoms with Crippen LogP contribution in [0.4, 0.5) is 0 Å². The van der Waals surface area contributed by atoms with Crippen LogP contribution in [0.5, 0.6) is 0 Å². The van der Waals surface area contributed by atoms with E-state index in [0.717, 1.165) is 43.0 Å². The highest BCUT2D eigenvalue weighted by atomic mass is 32.1. The quantitative estimate of drug-likeness (QED) is 0.913. The number of carbonyl (C=O) groups is 1. The molecule has 1 N–H and O–H groups in total. The van der Waals surface area contributed by atoms with Crippen molar-refractivity contribution in [2.24, 2.45) is 5.92 Å². The van der Waals surface area contributed by atoms with Crippen molar-refractivity contribution in [3.8, 4) is 0 Å². The summed E-state index contributed by atoms with van der Waals surface area (Å²) < 4.78 is 1.26. The minimum absolute atomic E-state index is 0.296. The van der Waals surface area contributed by atoms with E-state index in [1.54, 1.807) is 11.3 Å². The molecule has 0 amide bonds. The molecule has 4 nitrogen and oxygen atoms in total. The number of fused-ring (bicyclic) bond motifs is 1. The van der Waals surface area contributed by atoms with Gasteiger partial charge in [0.25, 0.3) is 0 Å². The summed E-state index contributed by atoms with van der Waals surface area (Å²) in [6.45, 7) is 5.13. The van der Waals surface area contributed by atoms with Gasteiger partial charge >= 0.3 is 5.97 Å². The van der Waals surface area contributed by atoms with Gasteiger partial charge in [0.2, 0.25) is 0 Å². The molecule has 0 aliphatic carbocycles. The Labute approximate surface area is 134 Å². The van der Waals surface area contributed by atoms with Gasteiger partial charge in [0.1, 0.15) is 0 Å². The summed E-state index contributed by atoms with van der Waals surface area (Å²) in [5, 5.41) is 9.94. The third-order valence-electron chi connectivity index (χ3n) is 4.34. The first-order valence-corrected chi connectivity index (χ1v) is 8.72. The predicted octanol–water partition coefficient (Wildman–Crippen LogP) is 3.68. The average Bonchev–Trinajstić information content (AvgIpc) is 2.85. The van der Waals surface area contributed by atoms with Crippen LogP contribution in [0.3, 0.4) is 0 Å². The number of rotatable bonds is 5. The lowest BCUT2D eigenvalue weighted by Crippen LogP contribution is -2.35. The topological polar surface area (TPSA) is 53.4 Å². The lowest BCUT2D eigenvalue weighted by atomic mass is 9.93. The van der Waals surface area contributed by atoms with Crippen LogP contribution in [0.1, 0.15) is 36.3 Å². The van der Waals surface area contributed by atoms with Gasteiger partial charge in [0.15, 0.2) is 0 Å². The fourth-order valence-corrected chi connectivity index (χ4v) is 4.19. The molecule has 0 radical (unpaired) electrons. The molecule has 1 unspecified atom stereocenters. The Hall–Kier alpha value is -1.46. The molecular formula is C17H22N2O2S. The molecule has 1 atom stereocenters. The van der Waals surface area contributed by atoms with Crippen LogP contribution in [0.25, 0.3) is 10.2 Å². The highest BCUT2D eigenvalue weighted by Crippen LogP contribution is 2.25. The maximum atomic E-state index is 10.7. The molecule has 118 valence electrons. The van der Waals surface area contributed by atoms with Crippen molar-refractivity contribution in [1.82, 2.24) is 9.88 Å².